The minimum absolute atomic E-state index is 0.202. The number of carbonyl (C=O) groups is 1. The number of benzene rings is 1. The van der Waals surface area contributed by atoms with Crippen LogP contribution >= 0.6 is 0 Å². The molecule has 0 atom stereocenters. The third-order valence-electron chi connectivity index (χ3n) is 4.26. The Morgan fingerprint density at radius 2 is 1.37 bits per heavy atom. The van der Waals surface area contributed by atoms with E-state index in [0.717, 1.165) is 31.2 Å². The van der Waals surface area contributed by atoms with E-state index in [1.54, 1.807) is 0 Å². The first-order valence-corrected chi connectivity index (χ1v) is 7.55. The van der Waals surface area contributed by atoms with Gasteiger partial charge in [-0.05, 0) is 62.8 Å². The van der Waals surface area contributed by atoms with E-state index in [4.69, 9.17) is 0 Å². The molecule has 1 rings (SSSR count). The van der Waals surface area contributed by atoms with Crippen LogP contribution in [0.1, 0.15) is 72.1 Å². The zero-order chi connectivity index (χ0) is 14.6. The summed E-state index contributed by atoms with van der Waals surface area (Å²) < 4.78 is 0. The number of ketones is 1. The molecule has 1 nitrogen and oxygen atoms in total. The number of hydrogen-bond acceptors (Lipinski definition) is 1. The maximum Gasteiger partial charge on any atom is 0.166 e. The van der Waals surface area contributed by atoms with Crippen LogP contribution in [0.25, 0.3) is 0 Å². The first kappa shape index (κ1) is 15.9. The van der Waals surface area contributed by atoms with Crippen LogP contribution < -0.4 is 0 Å². The quantitative estimate of drug-likeness (QED) is 0.633. The fraction of sp³-hybridized carbons (Fsp3) is 0.611. The predicted molar refractivity (Wildman–Crippen MR) is 83.0 cm³/mol. The van der Waals surface area contributed by atoms with E-state index < -0.39 is 0 Å². The molecule has 0 radical (unpaired) electrons. The minimum atomic E-state index is 0.202. The van der Waals surface area contributed by atoms with E-state index in [9.17, 15) is 4.79 Å². The van der Waals surface area contributed by atoms with Crippen molar-refractivity contribution < 1.29 is 4.79 Å². The maximum atomic E-state index is 12.9. The van der Waals surface area contributed by atoms with E-state index in [1.807, 2.05) is 0 Å². The second-order valence-corrected chi connectivity index (χ2v) is 5.77. The van der Waals surface area contributed by atoms with Crippen LogP contribution in [0.2, 0.25) is 0 Å². The van der Waals surface area contributed by atoms with Crippen LogP contribution in [-0.4, -0.2) is 5.78 Å². The molecule has 1 aromatic rings. The summed E-state index contributed by atoms with van der Waals surface area (Å²) in [6.45, 7) is 12.7. The van der Waals surface area contributed by atoms with Crippen molar-refractivity contribution in [2.45, 2.75) is 67.2 Å². The number of aryl methyl sites for hydroxylation is 2. The highest BCUT2D eigenvalue weighted by Gasteiger charge is 2.23. The molecule has 19 heavy (non-hydrogen) atoms. The fourth-order valence-electron chi connectivity index (χ4n) is 2.89. The molecule has 1 heteroatoms. The number of hydrogen-bond donors (Lipinski definition) is 0. The summed E-state index contributed by atoms with van der Waals surface area (Å²) in [5, 5.41) is 0. The summed E-state index contributed by atoms with van der Waals surface area (Å²) in [6, 6.07) is 2.19. The van der Waals surface area contributed by atoms with Gasteiger partial charge in [-0.1, -0.05) is 32.8 Å². The van der Waals surface area contributed by atoms with E-state index in [2.05, 4.69) is 47.6 Å². The molecule has 106 valence electrons. The first-order valence-electron chi connectivity index (χ1n) is 7.55. The Bertz CT molecular complexity index is 425. The average molecular weight is 260 g/mol. The molecule has 0 bridgehead atoms. The van der Waals surface area contributed by atoms with E-state index in [-0.39, 0.29) is 5.92 Å². The maximum absolute atomic E-state index is 12.9. The Morgan fingerprint density at radius 1 is 0.947 bits per heavy atom. The lowest BCUT2D eigenvalue weighted by Gasteiger charge is -2.20. The zero-order valence-electron chi connectivity index (χ0n) is 13.4. The summed E-state index contributed by atoms with van der Waals surface area (Å²) in [5.41, 5.74) is 5.80. The van der Waals surface area contributed by atoms with Gasteiger partial charge < -0.3 is 0 Å². The third-order valence-corrected chi connectivity index (χ3v) is 4.26. The Labute approximate surface area is 118 Å². The molecule has 0 spiro atoms. The van der Waals surface area contributed by atoms with Crippen molar-refractivity contribution in [1.82, 2.24) is 0 Å². The Balaban J connectivity index is 3.24. The van der Waals surface area contributed by atoms with Gasteiger partial charge in [0.15, 0.2) is 5.78 Å². The molecule has 0 N–H and O–H groups in total. The van der Waals surface area contributed by atoms with Crippen LogP contribution in [0.5, 0.6) is 0 Å². The first-order chi connectivity index (χ1) is 8.93. The van der Waals surface area contributed by atoms with Crippen LogP contribution in [-0.2, 0) is 0 Å². The molecule has 0 aliphatic rings. The molecular weight excluding hydrogens is 232 g/mol. The Hall–Kier alpha value is -1.11. The highest BCUT2D eigenvalue weighted by Crippen LogP contribution is 2.27. The molecule has 0 saturated carbocycles. The third kappa shape index (κ3) is 3.46. The fourth-order valence-corrected chi connectivity index (χ4v) is 2.89. The van der Waals surface area contributed by atoms with Crippen LogP contribution in [0.15, 0.2) is 6.07 Å². The van der Waals surface area contributed by atoms with Gasteiger partial charge in [0.1, 0.15) is 0 Å². The van der Waals surface area contributed by atoms with Crippen LogP contribution in [0, 0.1) is 33.6 Å². The highest BCUT2D eigenvalue weighted by molar-refractivity contribution is 6.01. The van der Waals surface area contributed by atoms with Crippen molar-refractivity contribution in [3.63, 3.8) is 0 Å². The normalized spacial score (nSPS) is 11.1. The topological polar surface area (TPSA) is 17.1 Å². The summed E-state index contributed by atoms with van der Waals surface area (Å²) >= 11 is 0. The van der Waals surface area contributed by atoms with Crippen molar-refractivity contribution in [3.8, 4) is 0 Å². The molecule has 0 aromatic heterocycles. The second kappa shape index (κ2) is 6.88. The number of carbonyl (C=O) groups excluding carboxylic acids is 1. The van der Waals surface area contributed by atoms with Gasteiger partial charge in [0.25, 0.3) is 0 Å². The summed E-state index contributed by atoms with van der Waals surface area (Å²) in [7, 11) is 0. The SMILES string of the molecule is CCCC(CCC)C(=O)c1c(C)c(C)cc(C)c1C. The Morgan fingerprint density at radius 3 is 1.74 bits per heavy atom. The van der Waals surface area contributed by atoms with Gasteiger partial charge >= 0.3 is 0 Å². The van der Waals surface area contributed by atoms with Gasteiger partial charge in [0.05, 0.1) is 0 Å². The number of Topliss-reactive ketones (excluding diaryl/α,β-unsaturated/α-hetero) is 1. The molecule has 0 saturated heterocycles. The molecule has 1 aromatic carbocycles. The van der Waals surface area contributed by atoms with Crippen molar-refractivity contribution in [2.24, 2.45) is 5.92 Å². The predicted octanol–water partition coefficient (Wildman–Crippen LogP) is 5.32. The van der Waals surface area contributed by atoms with E-state index >= 15 is 0 Å². The summed E-state index contributed by atoms with van der Waals surface area (Å²) in [6.07, 6.45) is 4.19. The van der Waals surface area contributed by atoms with Crippen LogP contribution in [0.4, 0.5) is 0 Å². The van der Waals surface area contributed by atoms with Gasteiger partial charge in [0, 0.05) is 11.5 Å². The standard InChI is InChI=1S/C18H28O/c1-7-9-16(10-8-2)18(19)17-14(5)12(3)11-13(4)15(17)6/h11,16H,7-10H2,1-6H3. The average Bonchev–Trinajstić information content (AvgIpc) is 2.36. The lowest BCUT2D eigenvalue weighted by atomic mass is 9.83. The zero-order valence-corrected chi connectivity index (χ0v) is 13.4. The molecule has 0 unspecified atom stereocenters. The largest absolute Gasteiger partial charge is 0.294 e. The lowest BCUT2D eigenvalue weighted by Crippen LogP contribution is -2.18. The Kier molecular flexibility index (Phi) is 5.78. The molecule has 0 aliphatic carbocycles. The minimum Gasteiger partial charge on any atom is -0.294 e. The molecule has 0 fully saturated rings. The van der Waals surface area contributed by atoms with Gasteiger partial charge in [0.2, 0.25) is 0 Å². The summed E-state index contributed by atoms with van der Waals surface area (Å²) in [5.74, 6) is 0.569. The molecule has 0 heterocycles. The van der Waals surface area contributed by atoms with E-state index in [1.165, 1.54) is 22.3 Å². The van der Waals surface area contributed by atoms with Crippen LogP contribution in [0.3, 0.4) is 0 Å². The number of rotatable bonds is 6. The second-order valence-electron chi connectivity index (χ2n) is 5.77. The van der Waals surface area contributed by atoms with Gasteiger partial charge in [-0.25, -0.2) is 0 Å². The van der Waals surface area contributed by atoms with Crippen molar-refractivity contribution >= 4 is 5.78 Å². The van der Waals surface area contributed by atoms with Crippen molar-refractivity contribution in [2.75, 3.05) is 0 Å². The molecule has 0 aliphatic heterocycles. The van der Waals surface area contributed by atoms with Crippen molar-refractivity contribution in [3.05, 3.63) is 33.9 Å². The highest BCUT2D eigenvalue weighted by atomic mass is 16.1. The smallest absolute Gasteiger partial charge is 0.166 e. The summed E-state index contributed by atoms with van der Waals surface area (Å²) in [4.78, 5) is 12.9. The van der Waals surface area contributed by atoms with E-state index in [0.29, 0.717) is 5.78 Å². The van der Waals surface area contributed by atoms with Gasteiger partial charge in [-0.15, -0.1) is 0 Å². The molecule has 0 amide bonds. The lowest BCUT2D eigenvalue weighted by molar-refractivity contribution is 0.0903. The van der Waals surface area contributed by atoms with Crippen molar-refractivity contribution in [1.29, 1.82) is 0 Å². The molecular formula is C18H28O. The van der Waals surface area contributed by atoms with Gasteiger partial charge in [-0.2, -0.15) is 0 Å². The van der Waals surface area contributed by atoms with Gasteiger partial charge in [-0.3, -0.25) is 4.79 Å². The monoisotopic (exact) mass is 260 g/mol.